The van der Waals surface area contributed by atoms with Gasteiger partial charge < -0.3 is 20.3 Å². The fourth-order valence-corrected chi connectivity index (χ4v) is 4.72. The van der Waals surface area contributed by atoms with Crippen molar-refractivity contribution in [3.05, 3.63) is 83.7 Å². The van der Waals surface area contributed by atoms with E-state index in [2.05, 4.69) is 5.43 Å². The Kier molecular flexibility index (Phi) is 5.99. The molecule has 0 atom stereocenters. The Balaban J connectivity index is 1.22. The molecule has 0 saturated carbocycles. The van der Waals surface area contributed by atoms with Crippen molar-refractivity contribution in [3.63, 3.8) is 0 Å². The van der Waals surface area contributed by atoms with Crippen LogP contribution in [-0.4, -0.2) is 63.3 Å². The highest BCUT2D eigenvalue weighted by Gasteiger charge is 2.38. The monoisotopic (exact) mass is 498 g/mol. The van der Waals surface area contributed by atoms with Crippen molar-refractivity contribution < 1.29 is 27.9 Å². The minimum Gasteiger partial charge on any atom is -0.388 e. The molecular weight excluding hydrogens is 473 g/mol. The second-order valence-corrected chi connectivity index (χ2v) is 9.26. The number of carbonyl (C=O) groups excluding carboxylic acids is 2. The van der Waals surface area contributed by atoms with Crippen LogP contribution < -0.4 is 5.43 Å². The van der Waals surface area contributed by atoms with Crippen molar-refractivity contribution >= 4 is 11.8 Å². The quantitative estimate of drug-likeness (QED) is 0.574. The van der Waals surface area contributed by atoms with Crippen molar-refractivity contribution in [3.8, 4) is 11.1 Å². The van der Waals surface area contributed by atoms with Crippen LogP contribution in [0.15, 0.2) is 66.9 Å². The van der Waals surface area contributed by atoms with E-state index in [1.807, 2.05) is 0 Å². The molecule has 0 aliphatic carbocycles. The third-order valence-electron chi connectivity index (χ3n) is 6.81. The van der Waals surface area contributed by atoms with Gasteiger partial charge in [0.15, 0.2) is 0 Å². The smallest absolute Gasteiger partial charge is 0.388 e. The molecule has 0 bridgehead atoms. The van der Waals surface area contributed by atoms with Gasteiger partial charge in [-0.1, -0.05) is 24.3 Å². The van der Waals surface area contributed by atoms with Gasteiger partial charge in [0.25, 0.3) is 11.8 Å². The molecule has 7 nitrogen and oxygen atoms in total. The number of amides is 2. The van der Waals surface area contributed by atoms with Crippen LogP contribution in [0.5, 0.6) is 0 Å². The molecule has 2 amide bonds. The summed E-state index contributed by atoms with van der Waals surface area (Å²) in [4.78, 5) is 29.1. The minimum atomic E-state index is -4.41. The molecule has 3 heterocycles. The molecule has 2 aliphatic heterocycles. The first kappa shape index (κ1) is 23.9. The van der Waals surface area contributed by atoms with E-state index in [-0.39, 0.29) is 25.0 Å². The summed E-state index contributed by atoms with van der Waals surface area (Å²) in [5.74, 6) is -0.370. The van der Waals surface area contributed by atoms with Gasteiger partial charge in [-0.3, -0.25) is 14.3 Å². The predicted molar refractivity (Wildman–Crippen MR) is 127 cm³/mol. The zero-order valence-corrected chi connectivity index (χ0v) is 19.3. The van der Waals surface area contributed by atoms with E-state index in [1.54, 1.807) is 57.1 Å². The van der Waals surface area contributed by atoms with Gasteiger partial charge in [-0.15, -0.1) is 0 Å². The molecule has 1 aromatic heterocycles. The van der Waals surface area contributed by atoms with Crippen LogP contribution >= 0.6 is 0 Å². The van der Waals surface area contributed by atoms with E-state index >= 15 is 0 Å². The van der Waals surface area contributed by atoms with Crippen LogP contribution in [0, 0.1) is 0 Å². The van der Waals surface area contributed by atoms with Gasteiger partial charge in [0.2, 0.25) is 0 Å². The molecule has 2 N–H and O–H groups in total. The average molecular weight is 499 g/mol. The third-order valence-corrected chi connectivity index (χ3v) is 6.81. The van der Waals surface area contributed by atoms with E-state index in [4.69, 9.17) is 0 Å². The topological polar surface area (TPSA) is 77.8 Å². The van der Waals surface area contributed by atoms with Gasteiger partial charge in [0.05, 0.1) is 17.7 Å². The molecule has 10 heteroatoms. The lowest BCUT2D eigenvalue weighted by Gasteiger charge is -2.42. The number of aromatic nitrogens is 1. The minimum absolute atomic E-state index is 0.161. The zero-order valence-electron chi connectivity index (χ0n) is 19.3. The molecule has 0 radical (unpaired) electrons. The number of nitrogens with one attached hydrogen (secondary N) is 1. The van der Waals surface area contributed by atoms with Crippen LogP contribution in [0.2, 0.25) is 0 Å². The van der Waals surface area contributed by atoms with Gasteiger partial charge in [-0.25, -0.2) is 0 Å². The summed E-state index contributed by atoms with van der Waals surface area (Å²) >= 11 is 0. The SMILES string of the molecule is O=C(c1cccc(-c2ccc(C(F)(F)F)cc2)c1)N1CCC(O)(CN2CNn3cccc3C2=O)CC1. The van der Waals surface area contributed by atoms with E-state index < -0.39 is 17.3 Å². The van der Waals surface area contributed by atoms with Crippen LogP contribution in [0.25, 0.3) is 11.1 Å². The van der Waals surface area contributed by atoms with Crippen molar-refractivity contribution in [2.75, 3.05) is 31.7 Å². The Hall–Kier alpha value is -3.79. The highest BCUT2D eigenvalue weighted by atomic mass is 19.4. The molecule has 2 aromatic carbocycles. The summed E-state index contributed by atoms with van der Waals surface area (Å²) in [5.41, 5.74) is 3.42. The van der Waals surface area contributed by atoms with Gasteiger partial charge in [0.1, 0.15) is 12.4 Å². The molecule has 1 saturated heterocycles. The number of fused-ring (bicyclic) bond motifs is 1. The Morgan fingerprint density at radius 3 is 2.42 bits per heavy atom. The first-order valence-electron chi connectivity index (χ1n) is 11.6. The van der Waals surface area contributed by atoms with E-state index in [1.165, 1.54) is 12.1 Å². The molecule has 1 fully saturated rings. The number of benzene rings is 2. The first-order valence-corrected chi connectivity index (χ1v) is 11.6. The third kappa shape index (κ3) is 4.68. The molecule has 36 heavy (non-hydrogen) atoms. The predicted octanol–water partition coefficient (Wildman–Crippen LogP) is 3.80. The van der Waals surface area contributed by atoms with E-state index in [0.717, 1.165) is 12.1 Å². The second-order valence-electron chi connectivity index (χ2n) is 9.26. The summed E-state index contributed by atoms with van der Waals surface area (Å²) in [7, 11) is 0. The van der Waals surface area contributed by atoms with Crippen LogP contribution in [0.4, 0.5) is 13.2 Å². The maximum absolute atomic E-state index is 13.1. The fraction of sp³-hybridized carbons (Fsp3) is 0.308. The highest BCUT2D eigenvalue weighted by molar-refractivity contribution is 5.95. The number of likely N-dealkylation sites (tertiary alicyclic amines) is 1. The number of aliphatic hydroxyl groups is 1. The number of β-amino-alcohol motifs (C(OH)–C–C–N with tert-alkyl or cyclic N) is 1. The standard InChI is InChI=1S/C26H25F3N4O3/c27-26(28,29)21-8-6-18(7-9-21)19-3-1-4-20(15-19)23(34)31-13-10-25(36,11-14-31)16-32-17-30-33-12-2-5-22(33)24(32)35/h1-9,12,15,30,36H,10-11,13-14,16-17H2. The average Bonchev–Trinajstić information content (AvgIpc) is 3.35. The van der Waals surface area contributed by atoms with Gasteiger partial charge in [-0.05, 0) is 60.4 Å². The largest absolute Gasteiger partial charge is 0.416 e. The van der Waals surface area contributed by atoms with Gasteiger partial charge in [0, 0.05) is 24.8 Å². The van der Waals surface area contributed by atoms with Crippen LogP contribution in [0.1, 0.15) is 39.3 Å². The fourth-order valence-electron chi connectivity index (χ4n) is 4.72. The van der Waals surface area contributed by atoms with Gasteiger partial charge >= 0.3 is 6.18 Å². The summed E-state index contributed by atoms with van der Waals surface area (Å²) < 4.78 is 40.2. The van der Waals surface area contributed by atoms with Crippen LogP contribution in [0.3, 0.4) is 0 Å². The first-order chi connectivity index (χ1) is 17.1. The zero-order chi connectivity index (χ0) is 25.5. The Morgan fingerprint density at radius 2 is 1.72 bits per heavy atom. The van der Waals surface area contributed by atoms with Crippen molar-refractivity contribution in [2.45, 2.75) is 24.6 Å². The number of nitrogens with zero attached hydrogens (tertiary/aromatic N) is 3. The van der Waals surface area contributed by atoms with E-state index in [0.29, 0.717) is 48.3 Å². The molecule has 3 aromatic rings. The summed E-state index contributed by atoms with van der Waals surface area (Å²) in [6.45, 7) is 1.09. The van der Waals surface area contributed by atoms with Crippen LogP contribution in [-0.2, 0) is 6.18 Å². The number of hydrogen-bond acceptors (Lipinski definition) is 4. The number of alkyl halides is 3. The molecule has 5 rings (SSSR count). The molecular formula is C26H25F3N4O3. The number of hydrogen-bond donors (Lipinski definition) is 2. The number of carbonyl (C=O) groups is 2. The molecule has 2 aliphatic rings. The maximum Gasteiger partial charge on any atom is 0.416 e. The lowest BCUT2D eigenvalue weighted by molar-refractivity contribution is -0.137. The lowest BCUT2D eigenvalue weighted by atomic mass is 9.90. The maximum atomic E-state index is 13.1. The van der Waals surface area contributed by atoms with Gasteiger partial charge in [-0.2, -0.15) is 13.2 Å². The number of rotatable bonds is 4. The Bertz CT molecular complexity index is 1280. The van der Waals surface area contributed by atoms with Crippen molar-refractivity contribution in [1.29, 1.82) is 0 Å². The summed E-state index contributed by atoms with van der Waals surface area (Å²) in [6, 6.07) is 15.1. The van der Waals surface area contributed by atoms with Crippen molar-refractivity contribution in [2.24, 2.45) is 0 Å². The molecule has 0 spiro atoms. The lowest BCUT2D eigenvalue weighted by Crippen LogP contribution is -2.56. The second kappa shape index (κ2) is 9.02. The highest BCUT2D eigenvalue weighted by Crippen LogP contribution is 2.31. The number of piperidine rings is 1. The summed E-state index contributed by atoms with van der Waals surface area (Å²) in [6.07, 6.45) is -2.00. The Labute approximate surface area is 205 Å². The molecule has 188 valence electrons. The molecule has 0 unspecified atom stereocenters. The number of halogens is 3. The van der Waals surface area contributed by atoms with Crippen molar-refractivity contribution in [1.82, 2.24) is 14.5 Å². The Morgan fingerprint density at radius 1 is 1.00 bits per heavy atom. The normalized spacial score (nSPS) is 17.5. The summed E-state index contributed by atoms with van der Waals surface area (Å²) in [5, 5.41) is 11.1. The van der Waals surface area contributed by atoms with E-state index in [9.17, 15) is 27.9 Å².